The molecule has 0 amide bonds. The van der Waals surface area contributed by atoms with Gasteiger partial charge in [0.2, 0.25) is 5.89 Å². The lowest BCUT2D eigenvalue weighted by Gasteiger charge is -2.15. The van der Waals surface area contributed by atoms with Gasteiger partial charge in [0.25, 0.3) is 4.84 Å². The predicted octanol–water partition coefficient (Wildman–Crippen LogP) is 3.11. The van der Waals surface area contributed by atoms with Crippen LogP contribution in [0.5, 0.6) is 0 Å². The highest BCUT2D eigenvalue weighted by atomic mass is 32.1. The Morgan fingerprint density at radius 2 is 2.14 bits per heavy atom. The fourth-order valence-corrected chi connectivity index (χ4v) is 2.27. The number of hydrogen-bond acceptors (Lipinski definition) is 5. The summed E-state index contributed by atoms with van der Waals surface area (Å²) in [5.41, 5.74) is 2.10. The topological polar surface area (TPSA) is 43.4 Å². The van der Waals surface area contributed by atoms with Crippen molar-refractivity contribution >= 4 is 12.2 Å². The Kier molecular flexibility index (Phi) is 5.67. The van der Waals surface area contributed by atoms with Crippen LogP contribution < -0.4 is 0 Å². The molecule has 114 valence electrons. The molecule has 0 aliphatic rings. The van der Waals surface area contributed by atoms with E-state index in [0.29, 0.717) is 17.4 Å². The molecule has 0 saturated heterocycles. The second kappa shape index (κ2) is 7.49. The van der Waals surface area contributed by atoms with Crippen LogP contribution in [-0.2, 0) is 11.4 Å². The van der Waals surface area contributed by atoms with Crippen molar-refractivity contribution in [3.8, 4) is 11.5 Å². The van der Waals surface area contributed by atoms with E-state index >= 15 is 0 Å². The van der Waals surface area contributed by atoms with Crippen molar-refractivity contribution in [1.29, 1.82) is 0 Å². The summed E-state index contributed by atoms with van der Waals surface area (Å²) in [5, 5.41) is 4.48. The van der Waals surface area contributed by atoms with Gasteiger partial charge in [0, 0.05) is 25.8 Å². The summed E-state index contributed by atoms with van der Waals surface area (Å²) in [7, 11) is 3.74. The summed E-state index contributed by atoms with van der Waals surface area (Å²) in [5.74, 6) is 0.573. The summed E-state index contributed by atoms with van der Waals surface area (Å²) in [4.78, 5) is 2.53. The second-order valence-corrected chi connectivity index (χ2v) is 5.40. The zero-order valence-electron chi connectivity index (χ0n) is 12.7. The third-order valence-electron chi connectivity index (χ3n) is 3.25. The van der Waals surface area contributed by atoms with Crippen molar-refractivity contribution in [3.63, 3.8) is 0 Å². The Bertz CT molecular complexity index is 636. The number of aromatic nitrogens is 2. The number of benzene rings is 1. The van der Waals surface area contributed by atoms with Gasteiger partial charge in [-0.3, -0.25) is 4.90 Å². The van der Waals surface area contributed by atoms with E-state index in [9.17, 15) is 0 Å². The van der Waals surface area contributed by atoms with Crippen molar-refractivity contribution in [3.05, 3.63) is 34.7 Å². The van der Waals surface area contributed by atoms with Crippen LogP contribution in [0.25, 0.3) is 11.5 Å². The van der Waals surface area contributed by atoms with E-state index in [2.05, 4.69) is 10.00 Å². The molecule has 1 heterocycles. The third kappa shape index (κ3) is 4.23. The average Bonchev–Trinajstić information content (AvgIpc) is 2.80. The second-order valence-electron chi connectivity index (χ2n) is 5.06. The SMILES string of the molecule is COCCCN(C)Cn1nc(-c2ccccc2C)oc1=S. The van der Waals surface area contributed by atoms with Gasteiger partial charge in [0.1, 0.15) is 0 Å². The zero-order chi connectivity index (χ0) is 15.2. The first kappa shape index (κ1) is 15.9. The molecule has 0 radical (unpaired) electrons. The van der Waals surface area contributed by atoms with Gasteiger partial charge >= 0.3 is 0 Å². The Hall–Kier alpha value is -1.50. The Labute approximate surface area is 130 Å². The van der Waals surface area contributed by atoms with Gasteiger partial charge in [-0.05, 0) is 44.2 Å². The van der Waals surface area contributed by atoms with Crippen molar-refractivity contribution < 1.29 is 9.15 Å². The molecule has 0 saturated carbocycles. The summed E-state index contributed by atoms with van der Waals surface area (Å²) in [6.07, 6.45) is 0.975. The minimum Gasteiger partial charge on any atom is -0.409 e. The highest BCUT2D eigenvalue weighted by molar-refractivity contribution is 7.71. The minimum atomic E-state index is 0.395. The summed E-state index contributed by atoms with van der Waals surface area (Å²) >= 11 is 5.25. The Balaban J connectivity index is 2.09. The fourth-order valence-electron chi connectivity index (χ4n) is 2.10. The van der Waals surface area contributed by atoms with Gasteiger partial charge in [0.05, 0.1) is 6.67 Å². The van der Waals surface area contributed by atoms with Crippen LogP contribution in [0.2, 0.25) is 0 Å². The predicted molar refractivity (Wildman–Crippen MR) is 84.6 cm³/mol. The number of rotatable bonds is 7. The molecular formula is C15H21N3O2S. The van der Waals surface area contributed by atoms with Crippen LogP contribution in [0.1, 0.15) is 12.0 Å². The molecule has 2 aromatic rings. The molecule has 0 fully saturated rings. The lowest BCUT2D eigenvalue weighted by molar-refractivity contribution is 0.167. The van der Waals surface area contributed by atoms with Gasteiger partial charge in [-0.25, -0.2) is 4.68 Å². The van der Waals surface area contributed by atoms with Crippen LogP contribution in [0.4, 0.5) is 0 Å². The van der Waals surface area contributed by atoms with E-state index in [1.807, 2.05) is 38.2 Å². The van der Waals surface area contributed by atoms with Gasteiger partial charge in [-0.2, -0.15) is 0 Å². The molecule has 0 atom stereocenters. The molecule has 5 nitrogen and oxygen atoms in total. The van der Waals surface area contributed by atoms with E-state index in [0.717, 1.165) is 30.7 Å². The molecule has 0 N–H and O–H groups in total. The number of ether oxygens (including phenoxy) is 1. The number of nitrogens with zero attached hydrogens (tertiary/aromatic N) is 3. The molecule has 2 rings (SSSR count). The first-order valence-corrected chi connectivity index (χ1v) is 7.34. The van der Waals surface area contributed by atoms with Gasteiger partial charge < -0.3 is 9.15 Å². The summed E-state index contributed by atoms with van der Waals surface area (Å²) in [6.45, 7) is 4.31. The van der Waals surface area contributed by atoms with E-state index in [4.69, 9.17) is 21.4 Å². The molecule has 0 spiro atoms. The average molecular weight is 307 g/mol. The molecule has 0 aliphatic heterocycles. The molecule has 0 bridgehead atoms. The van der Waals surface area contributed by atoms with Crippen molar-refractivity contribution in [1.82, 2.24) is 14.7 Å². The summed E-state index contributed by atoms with van der Waals surface area (Å²) < 4.78 is 12.4. The fraction of sp³-hybridized carbons (Fsp3) is 0.467. The number of methoxy groups -OCH3 is 1. The van der Waals surface area contributed by atoms with Crippen molar-refractivity contribution in [2.24, 2.45) is 0 Å². The van der Waals surface area contributed by atoms with Gasteiger partial charge in [-0.1, -0.05) is 18.2 Å². The zero-order valence-corrected chi connectivity index (χ0v) is 13.5. The van der Waals surface area contributed by atoms with Crippen LogP contribution in [-0.4, -0.2) is 42.0 Å². The quantitative estimate of drug-likeness (QED) is 0.581. The van der Waals surface area contributed by atoms with Gasteiger partial charge in [-0.15, -0.1) is 5.10 Å². The maximum Gasteiger partial charge on any atom is 0.288 e. The van der Waals surface area contributed by atoms with Crippen LogP contribution in [0.3, 0.4) is 0 Å². The molecule has 0 aliphatic carbocycles. The Morgan fingerprint density at radius 3 is 2.86 bits per heavy atom. The van der Waals surface area contributed by atoms with E-state index < -0.39 is 0 Å². The number of aryl methyl sites for hydroxylation is 1. The minimum absolute atomic E-state index is 0.395. The monoisotopic (exact) mass is 307 g/mol. The molecule has 1 aromatic heterocycles. The molecule has 1 aromatic carbocycles. The Morgan fingerprint density at radius 1 is 1.38 bits per heavy atom. The van der Waals surface area contributed by atoms with Gasteiger partial charge in [0.15, 0.2) is 0 Å². The maximum absolute atomic E-state index is 5.62. The van der Waals surface area contributed by atoms with Crippen molar-refractivity contribution in [2.45, 2.75) is 20.0 Å². The largest absolute Gasteiger partial charge is 0.409 e. The standard InChI is InChI=1S/C15H21N3O2S/c1-12-7-4-5-8-13(12)14-16-18(15(21)20-14)11-17(2)9-6-10-19-3/h4-5,7-8H,6,9-11H2,1-3H3. The lowest BCUT2D eigenvalue weighted by Crippen LogP contribution is -2.24. The van der Waals surface area contributed by atoms with Crippen LogP contribution >= 0.6 is 12.2 Å². The van der Waals surface area contributed by atoms with E-state index in [-0.39, 0.29) is 0 Å². The summed E-state index contributed by atoms with van der Waals surface area (Å²) in [6, 6.07) is 7.98. The van der Waals surface area contributed by atoms with Crippen LogP contribution in [0.15, 0.2) is 28.7 Å². The maximum atomic E-state index is 5.62. The smallest absolute Gasteiger partial charge is 0.288 e. The molecule has 0 unspecified atom stereocenters. The molecule has 6 heteroatoms. The van der Waals surface area contributed by atoms with E-state index in [1.165, 1.54) is 0 Å². The third-order valence-corrected chi connectivity index (χ3v) is 3.54. The first-order chi connectivity index (χ1) is 10.1. The number of hydrogen-bond donors (Lipinski definition) is 0. The normalized spacial score (nSPS) is 11.2. The van der Waals surface area contributed by atoms with E-state index in [1.54, 1.807) is 11.8 Å². The highest BCUT2D eigenvalue weighted by Gasteiger charge is 2.11. The first-order valence-electron chi connectivity index (χ1n) is 6.93. The molecule has 21 heavy (non-hydrogen) atoms. The lowest BCUT2D eigenvalue weighted by atomic mass is 10.1. The van der Waals surface area contributed by atoms with Crippen LogP contribution in [0, 0.1) is 11.8 Å². The molecular weight excluding hydrogens is 286 g/mol. The van der Waals surface area contributed by atoms with Crippen molar-refractivity contribution in [2.75, 3.05) is 27.3 Å². The highest BCUT2D eigenvalue weighted by Crippen LogP contribution is 2.21.